The van der Waals surface area contributed by atoms with Crippen LogP contribution in [0.25, 0.3) is 10.9 Å². The Bertz CT molecular complexity index is 638. The largest absolute Gasteiger partial charge is 0.367 e. The zero-order valence-corrected chi connectivity index (χ0v) is 14.0. The Balaban J connectivity index is 1.89. The van der Waals surface area contributed by atoms with E-state index in [0.29, 0.717) is 6.04 Å². The molecular weight excluding hydrogens is 276 g/mol. The number of anilines is 1. The number of nitrogens with zero attached hydrogens (tertiary/aromatic N) is 1. The lowest BCUT2D eigenvalue weighted by atomic mass is 9.86. The van der Waals surface area contributed by atoms with E-state index in [1.54, 1.807) is 11.8 Å². The maximum atomic E-state index is 4.82. The Labute approximate surface area is 131 Å². The number of hydrogen-bond acceptors (Lipinski definition) is 3. The molecule has 0 aliphatic heterocycles. The summed E-state index contributed by atoms with van der Waals surface area (Å²) in [6.45, 7) is 4.54. The molecule has 1 aromatic carbocycles. The minimum absolute atomic E-state index is 0.577. The van der Waals surface area contributed by atoms with Crippen LogP contribution in [-0.4, -0.2) is 17.3 Å². The van der Waals surface area contributed by atoms with Crippen molar-refractivity contribution in [2.75, 3.05) is 11.6 Å². The van der Waals surface area contributed by atoms with Crippen LogP contribution in [0.3, 0.4) is 0 Å². The first-order valence-corrected chi connectivity index (χ1v) is 9.12. The number of aryl methyl sites for hydroxylation is 1. The summed E-state index contributed by atoms with van der Waals surface area (Å²) in [6, 6.07) is 9.33. The molecule has 2 atom stereocenters. The van der Waals surface area contributed by atoms with Gasteiger partial charge in [-0.15, -0.1) is 11.8 Å². The molecule has 1 N–H and O–H groups in total. The van der Waals surface area contributed by atoms with Crippen molar-refractivity contribution < 1.29 is 0 Å². The van der Waals surface area contributed by atoms with Gasteiger partial charge in [-0.2, -0.15) is 0 Å². The Morgan fingerprint density at radius 1 is 1.19 bits per heavy atom. The van der Waals surface area contributed by atoms with Crippen molar-refractivity contribution in [1.29, 1.82) is 0 Å². The second-order valence-electron chi connectivity index (χ2n) is 6.22. The molecule has 2 nitrogen and oxygen atoms in total. The van der Waals surface area contributed by atoms with Crippen molar-refractivity contribution in [2.45, 2.75) is 50.5 Å². The highest BCUT2D eigenvalue weighted by Crippen LogP contribution is 2.29. The number of nitrogens with one attached hydrogen (secondary N) is 1. The molecule has 2 aromatic rings. The molecule has 0 saturated heterocycles. The van der Waals surface area contributed by atoms with E-state index < -0.39 is 0 Å². The van der Waals surface area contributed by atoms with Gasteiger partial charge in [0.15, 0.2) is 0 Å². The molecule has 0 radical (unpaired) electrons. The van der Waals surface area contributed by atoms with Gasteiger partial charge in [0.1, 0.15) is 5.82 Å². The number of fused-ring (bicyclic) bond motifs is 1. The van der Waals surface area contributed by atoms with E-state index in [9.17, 15) is 0 Å². The second kappa shape index (κ2) is 6.27. The van der Waals surface area contributed by atoms with Gasteiger partial charge in [0.2, 0.25) is 0 Å². The van der Waals surface area contributed by atoms with Gasteiger partial charge in [-0.1, -0.05) is 19.8 Å². The SMILES string of the molecule is CSc1ccc2nc(NC3CCCCC3C)cc(C)c2c1. The fourth-order valence-electron chi connectivity index (χ4n) is 3.29. The maximum absolute atomic E-state index is 4.82. The van der Waals surface area contributed by atoms with E-state index in [-0.39, 0.29) is 0 Å². The molecule has 0 bridgehead atoms. The predicted octanol–water partition coefficient (Wildman–Crippen LogP) is 5.26. The van der Waals surface area contributed by atoms with Crippen LogP contribution in [-0.2, 0) is 0 Å². The fourth-order valence-corrected chi connectivity index (χ4v) is 3.73. The Kier molecular flexibility index (Phi) is 4.39. The average Bonchev–Trinajstić information content (AvgIpc) is 2.49. The van der Waals surface area contributed by atoms with Crippen LogP contribution in [0.15, 0.2) is 29.2 Å². The number of rotatable bonds is 3. The van der Waals surface area contributed by atoms with Gasteiger partial charge < -0.3 is 5.32 Å². The van der Waals surface area contributed by atoms with Crippen molar-refractivity contribution in [3.05, 3.63) is 29.8 Å². The first kappa shape index (κ1) is 14.7. The number of thioether (sulfide) groups is 1. The quantitative estimate of drug-likeness (QED) is 0.783. The van der Waals surface area contributed by atoms with E-state index in [2.05, 4.69) is 49.7 Å². The highest BCUT2D eigenvalue weighted by molar-refractivity contribution is 7.98. The first-order chi connectivity index (χ1) is 10.2. The lowest BCUT2D eigenvalue weighted by molar-refractivity contribution is 0.349. The zero-order chi connectivity index (χ0) is 14.8. The third-order valence-corrected chi connectivity index (χ3v) is 5.39. The minimum atomic E-state index is 0.577. The highest BCUT2D eigenvalue weighted by atomic mass is 32.2. The molecule has 21 heavy (non-hydrogen) atoms. The van der Waals surface area contributed by atoms with Crippen molar-refractivity contribution in [2.24, 2.45) is 5.92 Å². The second-order valence-corrected chi connectivity index (χ2v) is 7.10. The summed E-state index contributed by atoms with van der Waals surface area (Å²) in [5.41, 5.74) is 2.40. The average molecular weight is 300 g/mol. The summed E-state index contributed by atoms with van der Waals surface area (Å²) < 4.78 is 0. The number of aromatic nitrogens is 1. The van der Waals surface area contributed by atoms with Crippen molar-refractivity contribution in [1.82, 2.24) is 4.98 Å². The van der Waals surface area contributed by atoms with Crippen molar-refractivity contribution >= 4 is 28.5 Å². The van der Waals surface area contributed by atoms with Crippen molar-refractivity contribution in [3.63, 3.8) is 0 Å². The normalized spacial score (nSPS) is 22.4. The lowest BCUT2D eigenvalue weighted by Gasteiger charge is -2.30. The molecule has 1 aliphatic rings. The molecule has 1 saturated carbocycles. The summed E-state index contributed by atoms with van der Waals surface area (Å²) >= 11 is 1.78. The van der Waals surface area contributed by atoms with Gasteiger partial charge in [0.05, 0.1) is 5.52 Å². The third-order valence-electron chi connectivity index (χ3n) is 4.67. The Hall–Kier alpha value is -1.22. The molecule has 1 aromatic heterocycles. The van der Waals surface area contributed by atoms with E-state index in [0.717, 1.165) is 17.3 Å². The molecule has 3 heteroatoms. The van der Waals surface area contributed by atoms with Gasteiger partial charge >= 0.3 is 0 Å². The van der Waals surface area contributed by atoms with Crippen LogP contribution >= 0.6 is 11.8 Å². The van der Waals surface area contributed by atoms with Crippen LogP contribution < -0.4 is 5.32 Å². The maximum Gasteiger partial charge on any atom is 0.127 e. The van der Waals surface area contributed by atoms with Crippen LogP contribution in [0.2, 0.25) is 0 Å². The van der Waals surface area contributed by atoms with Gasteiger partial charge in [-0.05, 0) is 61.8 Å². The molecule has 3 rings (SSSR count). The fraction of sp³-hybridized carbons (Fsp3) is 0.500. The van der Waals surface area contributed by atoms with Crippen LogP contribution in [0.5, 0.6) is 0 Å². The van der Waals surface area contributed by atoms with E-state index in [4.69, 9.17) is 4.98 Å². The van der Waals surface area contributed by atoms with E-state index in [1.165, 1.54) is 41.5 Å². The number of pyridine rings is 1. The molecule has 112 valence electrons. The molecule has 0 amide bonds. The Morgan fingerprint density at radius 3 is 2.76 bits per heavy atom. The van der Waals surface area contributed by atoms with Gasteiger partial charge in [0.25, 0.3) is 0 Å². The Morgan fingerprint density at radius 2 is 2.00 bits per heavy atom. The van der Waals surface area contributed by atoms with Crippen LogP contribution in [0.1, 0.15) is 38.2 Å². The smallest absolute Gasteiger partial charge is 0.127 e. The molecule has 1 fully saturated rings. The highest BCUT2D eigenvalue weighted by Gasteiger charge is 2.21. The standard InChI is InChI=1S/C18H24N2S/c1-12-6-4-5-7-16(12)19-18-10-13(2)15-11-14(21-3)8-9-17(15)20-18/h8-12,16H,4-7H2,1-3H3,(H,19,20). The zero-order valence-electron chi connectivity index (χ0n) is 13.1. The molecule has 2 unspecified atom stereocenters. The van der Waals surface area contributed by atoms with E-state index >= 15 is 0 Å². The predicted molar refractivity (Wildman–Crippen MR) is 93.3 cm³/mol. The molecular formula is C18H24N2S. The first-order valence-electron chi connectivity index (χ1n) is 7.89. The van der Waals surface area contributed by atoms with E-state index in [1.807, 2.05) is 0 Å². The summed E-state index contributed by atoms with van der Waals surface area (Å²) in [5, 5.41) is 4.94. The molecule has 1 heterocycles. The summed E-state index contributed by atoms with van der Waals surface area (Å²) in [7, 11) is 0. The van der Waals surface area contributed by atoms with Crippen LogP contribution in [0, 0.1) is 12.8 Å². The summed E-state index contributed by atoms with van der Waals surface area (Å²) in [4.78, 5) is 6.12. The number of hydrogen-bond donors (Lipinski definition) is 1. The van der Waals surface area contributed by atoms with Crippen LogP contribution in [0.4, 0.5) is 5.82 Å². The molecule has 0 spiro atoms. The van der Waals surface area contributed by atoms with Crippen molar-refractivity contribution in [3.8, 4) is 0 Å². The summed E-state index contributed by atoms with van der Waals surface area (Å²) in [6.07, 6.45) is 7.43. The molecule has 1 aliphatic carbocycles. The summed E-state index contributed by atoms with van der Waals surface area (Å²) in [5.74, 6) is 1.78. The van der Waals surface area contributed by atoms with Gasteiger partial charge in [0, 0.05) is 16.3 Å². The number of benzene rings is 1. The monoisotopic (exact) mass is 300 g/mol. The third kappa shape index (κ3) is 3.18. The minimum Gasteiger partial charge on any atom is -0.367 e. The lowest BCUT2D eigenvalue weighted by Crippen LogP contribution is -2.30. The van der Waals surface area contributed by atoms with Gasteiger partial charge in [-0.3, -0.25) is 0 Å². The van der Waals surface area contributed by atoms with Gasteiger partial charge in [-0.25, -0.2) is 4.98 Å². The topological polar surface area (TPSA) is 24.9 Å².